The van der Waals surface area contributed by atoms with Gasteiger partial charge in [-0.25, -0.2) is 0 Å². The van der Waals surface area contributed by atoms with Gasteiger partial charge in [0.25, 0.3) is 0 Å². The number of fused-ring (bicyclic) bond motifs is 1. The molecule has 1 aliphatic rings. The van der Waals surface area contributed by atoms with E-state index in [9.17, 15) is 5.11 Å². The van der Waals surface area contributed by atoms with E-state index in [1.165, 1.54) is 5.56 Å². The third-order valence-electron chi connectivity index (χ3n) is 2.29. The molecule has 2 rings (SSSR count). The SMILES string of the molecule is Cl.NC1Cc2ccc(Br)cc2C1O. The van der Waals surface area contributed by atoms with Gasteiger partial charge in [-0.05, 0) is 29.7 Å². The topological polar surface area (TPSA) is 46.2 Å². The molecule has 4 heteroatoms. The van der Waals surface area contributed by atoms with E-state index in [2.05, 4.69) is 15.9 Å². The highest BCUT2D eigenvalue weighted by atomic mass is 79.9. The summed E-state index contributed by atoms with van der Waals surface area (Å²) >= 11 is 3.36. The molecule has 0 saturated heterocycles. The Kier molecular flexibility index (Phi) is 3.35. The molecule has 13 heavy (non-hydrogen) atoms. The number of aliphatic hydroxyl groups is 1. The summed E-state index contributed by atoms with van der Waals surface area (Å²) in [5.74, 6) is 0. The molecule has 2 nitrogen and oxygen atoms in total. The summed E-state index contributed by atoms with van der Waals surface area (Å²) in [5, 5.41) is 9.63. The molecule has 0 aromatic heterocycles. The van der Waals surface area contributed by atoms with Crippen molar-refractivity contribution >= 4 is 28.3 Å². The molecule has 2 atom stereocenters. The quantitative estimate of drug-likeness (QED) is 0.750. The van der Waals surface area contributed by atoms with Gasteiger partial charge in [-0.2, -0.15) is 0 Å². The summed E-state index contributed by atoms with van der Waals surface area (Å²) in [4.78, 5) is 0. The van der Waals surface area contributed by atoms with Gasteiger partial charge in [0.15, 0.2) is 0 Å². The van der Waals surface area contributed by atoms with Crippen LogP contribution >= 0.6 is 28.3 Å². The van der Waals surface area contributed by atoms with Gasteiger partial charge >= 0.3 is 0 Å². The van der Waals surface area contributed by atoms with Crippen molar-refractivity contribution in [3.8, 4) is 0 Å². The molecule has 3 N–H and O–H groups in total. The molecule has 0 aliphatic heterocycles. The van der Waals surface area contributed by atoms with Crippen LogP contribution in [0.3, 0.4) is 0 Å². The van der Waals surface area contributed by atoms with Gasteiger partial charge in [0.2, 0.25) is 0 Å². The van der Waals surface area contributed by atoms with Gasteiger partial charge < -0.3 is 10.8 Å². The van der Waals surface area contributed by atoms with Crippen molar-refractivity contribution in [2.45, 2.75) is 18.6 Å². The van der Waals surface area contributed by atoms with Gasteiger partial charge in [-0.3, -0.25) is 0 Å². The molecule has 0 radical (unpaired) electrons. The van der Waals surface area contributed by atoms with Crippen LogP contribution in [0.5, 0.6) is 0 Å². The summed E-state index contributed by atoms with van der Waals surface area (Å²) in [5.41, 5.74) is 7.85. The molecule has 0 heterocycles. The highest BCUT2D eigenvalue weighted by molar-refractivity contribution is 9.10. The molecule has 1 aromatic carbocycles. The lowest BCUT2D eigenvalue weighted by atomic mass is 10.1. The average Bonchev–Trinajstić information content (AvgIpc) is 2.31. The molecule has 0 saturated carbocycles. The highest BCUT2D eigenvalue weighted by Crippen LogP contribution is 2.31. The lowest BCUT2D eigenvalue weighted by Gasteiger charge is -2.08. The zero-order valence-corrected chi connectivity index (χ0v) is 9.31. The maximum absolute atomic E-state index is 9.63. The van der Waals surface area contributed by atoms with Crippen molar-refractivity contribution in [2.24, 2.45) is 5.73 Å². The number of nitrogens with two attached hydrogens (primary N) is 1. The number of hydrogen-bond donors (Lipinski definition) is 2. The minimum Gasteiger partial charge on any atom is -0.387 e. The standard InChI is InChI=1S/C9H10BrNO.ClH/c10-6-2-1-5-3-8(11)9(12)7(5)4-6;/h1-2,4,8-9,12H,3,11H2;1H. The Morgan fingerprint density at radius 2 is 2.15 bits per heavy atom. The minimum atomic E-state index is -0.488. The van der Waals surface area contributed by atoms with E-state index in [0.29, 0.717) is 0 Å². The number of benzene rings is 1. The van der Waals surface area contributed by atoms with Crippen molar-refractivity contribution in [1.29, 1.82) is 0 Å². The van der Waals surface area contributed by atoms with Crippen LogP contribution < -0.4 is 5.73 Å². The number of aliphatic hydroxyl groups excluding tert-OH is 1. The second kappa shape index (κ2) is 3.96. The molecular weight excluding hydrogens is 253 g/mol. The summed E-state index contributed by atoms with van der Waals surface area (Å²) in [6, 6.07) is 5.79. The molecule has 1 aromatic rings. The van der Waals surface area contributed by atoms with Crippen molar-refractivity contribution in [3.63, 3.8) is 0 Å². The fourth-order valence-electron chi connectivity index (χ4n) is 1.62. The summed E-state index contributed by atoms with van der Waals surface area (Å²) < 4.78 is 0.995. The van der Waals surface area contributed by atoms with E-state index >= 15 is 0 Å². The smallest absolute Gasteiger partial charge is 0.0947 e. The predicted octanol–water partition coefficient (Wildman–Crippen LogP) is 1.79. The lowest BCUT2D eigenvalue weighted by molar-refractivity contribution is 0.159. The molecule has 0 bridgehead atoms. The fourth-order valence-corrected chi connectivity index (χ4v) is 2.00. The Labute approximate surface area is 91.7 Å². The first kappa shape index (κ1) is 11.0. The molecule has 0 fully saturated rings. The molecule has 72 valence electrons. The number of hydrogen-bond acceptors (Lipinski definition) is 2. The molecule has 1 aliphatic carbocycles. The molecular formula is C9H11BrClNO. The van der Waals surface area contributed by atoms with Gasteiger partial charge in [0.05, 0.1) is 6.10 Å². The summed E-state index contributed by atoms with van der Waals surface area (Å²) in [6.07, 6.45) is 0.293. The van der Waals surface area contributed by atoms with Gasteiger partial charge in [0.1, 0.15) is 0 Å². The Bertz CT molecular complexity index is 318. The van der Waals surface area contributed by atoms with Crippen LogP contribution in [-0.2, 0) is 6.42 Å². The largest absolute Gasteiger partial charge is 0.387 e. The lowest BCUT2D eigenvalue weighted by Crippen LogP contribution is -2.24. The first-order valence-corrected chi connectivity index (χ1v) is 4.70. The van der Waals surface area contributed by atoms with E-state index in [0.717, 1.165) is 16.5 Å². The van der Waals surface area contributed by atoms with E-state index in [4.69, 9.17) is 5.73 Å². The summed E-state index contributed by atoms with van der Waals surface area (Å²) in [7, 11) is 0. The van der Waals surface area contributed by atoms with Gasteiger partial charge in [-0.15, -0.1) is 12.4 Å². The van der Waals surface area contributed by atoms with E-state index in [1.54, 1.807) is 0 Å². The molecule has 2 unspecified atom stereocenters. The zero-order chi connectivity index (χ0) is 8.72. The predicted molar refractivity (Wildman–Crippen MR) is 58.0 cm³/mol. The Morgan fingerprint density at radius 1 is 1.46 bits per heavy atom. The maximum Gasteiger partial charge on any atom is 0.0947 e. The Morgan fingerprint density at radius 3 is 2.85 bits per heavy atom. The van der Waals surface area contributed by atoms with Crippen molar-refractivity contribution in [3.05, 3.63) is 33.8 Å². The average molecular weight is 265 g/mol. The number of halogens is 2. The minimum absolute atomic E-state index is 0. The van der Waals surface area contributed by atoms with Crippen LogP contribution in [0.25, 0.3) is 0 Å². The van der Waals surface area contributed by atoms with Crippen LogP contribution in [0.2, 0.25) is 0 Å². The Hall–Kier alpha value is -0.0900. The van der Waals surface area contributed by atoms with Crippen molar-refractivity contribution in [1.82, 2.24) is 0 Å². The third-order valence-corrected chi connectivity index (χ3v) is 2.78. The second-order valence-electron chi connectivity index (χ2n) is 3.16. The highest BCUT2D eigenvalue weighted by Gasteiger charge is 2.27. The van der Waals surface area contributed by atoms with E-state index in [1.807, 2.05) is 18.2 Å². The van der Waals surface area contributed by atoms with Crippen molar-refractivity contribution < 1.29 is 5.11 Å². The van der Waals surface area contributed by atoms with E-state index < -0.39 is 6.10 Å². The van der Waals surface area contributed by atoms with E-state index in [-0.39, 0.29) is 18.4 Å². The fraction of sp³-hybridized carbons (Fsp3) is 0.333. The first-order valence-electron chi connectivity index (χ1n) is 3.90. The van der Waals surface area contributed by atoms with Crippen LogP contribution in [0.15, 0.2) is 22.7 Å². The van der Waals surface area contributed by atoms with Crippen LogP contribution in [0.1, 0.15) is 17.2 Å². The van der Waals surface area contributed by atoms with Crippen LogP contribution in [0, 0.1) is 0 Å². The van der Waals surface area contributed by atoms with Crippen LogP contribution in [0.4, 0.5) is 0 Å². The molecule has 0 spiro atoms. The zero-order valence-electron chi connectivity index (χ0n) is 6.90. The first-order chi connectivity index (χ1) is 5.68. The maximum atomic E-state index is 9.63. The van der Waals surface area contributed by atoms with Crippen LogP contribution in [-0.4, -0.2) is 11.1 Å². The van der Waals surface area contributed by atoms with Gasteiger partial charge in [0, 0.05) is 10.5 Å². The molecule has 0 amide bonds. The third kappa shape index (κ3) is 1.89. The van der Waals surface area contributed by atoms with Gasteiger partial charge in [-0.1, -0.05) is 22.0 Å². The monoisotopic (exact) mass is 263 g/mol. The Balaban J connectivity index is 0.000000845. The number of rotatable bonds is 0. The summed E-state index contributed by atoms with van der Waals surface area (Å²) in [6.45, 7) is 0. The van der Waals surface area contributed by atoms with Crippen molar-refractivity contribution in [2.75, 3.05) is 0 Å². The normalized spacial score (nSPS) is 25.2. The second-order valence-corrected chi connectivity index (χ2v) is 4.07.